The van der Waals surface area contributed by atoms with Crippen molar-refractivity contribution in [1.82, 2.24) is 5.32 Å². The number of carbonyl (C=O) groups is 1. The largest absolute Gasteiger partial charge is 0.396 e. The summed E-state index contributed by atoms with van der Waals surface area (Å²) in [6.45, 7) is 3.12. The number of nitrogens with one attached hydrogen (secondary N) is 1. The summed E-state index contributed by atoms with van der Waals surface area (Å²) < 4.78 is 0. The Labute approximate surface area is 112 Å². The number of hydrogen-bond donors (Lipinski definition) is 2. The summed E-state index contributed by atoms with van der Waals surface area (Å²) in [4.78, 5) is 13.5. The first-order valence-corrected chi connectivity index (χ1v) is 7.58. The number of unbranched alkanes of at least 4 members (excludes halogenated alkanes) is 1. The average molecular weight is 267 g/mol. The van der Waals surface area contributed by atoms with Crippen molar-refractivity contribution in [1.29, 1.82) is 0 Å². The minimum atomic E-state index is 0.0555. The Hall–Kier alpha value is -0.870. The third-order valence-corrected chi connectivity index (χ3v) is 4.57. The van der Waals surface area contributed by atoms with Crippen LogP contribution in [0.5, 0.6) is 0 Å². The van der Waals surface area contributed by atoms with Crippen LogP contribution in [-0.2, 0) is 12.8 Å². The Bertz CT molecular complexity index is 414. The lowest BCUT2D eigenvalue weighted by Crippen LogP contribution is -2.25. The number of thiophene rings is 1. The molecule has 0 radical (unpaired) electrons. The predicted octanol–water partition coefficient (Wildman–Crippen LogP) is 2.38. The fourth-order valence-corrected chi connectivity index (χ4v) is 3.65. The lowest BCUT2D eigenvalue weighted by atomic mass is 9.88. The second kappa shape index (κ2) is 6.34. The van der Waals surface area contributed by atoms with E-state index in [4.69, 9.17) is 5.11 Å². The van der Waals surface area contributed by atoms with Gasteiger partial charge in [0.2, 0.25) is 0 Å². The van der Waals surface area contributed by atoms with Crippen molar-refractivity contribution in [2.75, 3.05) is 13.2 Å². The fraction of sp³-hybridized carbons (Fsp3) is 0.643. The first-order chi connectivity index (χ1) is 8.72. The lowest BCUT2D eigenvalue weighted by Gasteiger charge is -2.18. The average Bonchev–Trinajstić information content (AvgIpc) is 2.77. The molecule has 1 unspecified atom stereocenters. The number of amides is 1. The van der Waals surface area contributed by atoms with Crippen LogP contribution in [0.2, 0.25) is 0 Å². The zero-order chi connectivity index (χ0) is 13.0. The maximum atomic E-state index is 12.1. The quantitative estimate of drug-likeness (QED) is 0.805. The molecule has 1 aromatic rings. The van der Waals surface area contributed by atoms with E-state index in [9.17, 15) is 4.79 Å². The van der Waals surface area contributed by atoms with Crippen molar-refractivity contribution in [3.8, 4) is 0 Å². The van der Waals surface area contributed by atoms with Crippen LogP contribution in [-0.4, -0.2) is 24.2 Å². The van der Waals surface area contributed by atoms with Crippen LogP contribution < -0.4 is 5.32 Å². The molecule has 0 spiro atoms. The maximum Gasteiger partial charge on any atom is 0.252 e. The van der Waals surface area contributed by atoms with Gasteiger partial charge in [0.1, 0.15) is 0 Å². The highest BCUT2D eigenvalue weighted by Gasteiger charge is 2.22. The summed E-state index contributed by atoms with van der Waals surface area (Å²) in [5, 5.41) is 13.6. The molecule has 2 rings (SSSR count). The fourth-order valence-electron chi connectivity index (χ4n) is 2.40. The molecule has 1 aromatic heterocycles. The van der Waals surface area contributed by atoms with Gasteiger partial charge >= 0.3 is 0 Å². The van der Waals surface area contributed by atoms with E-state index in [2.05, 4.69) is 12.2 Å². The van der Waals surface area contributed by atoms with Gasteiger partial charge in [-0.3, -0.25) is 4.79 Å². The monoisotopic (exact) mass is 267 g/mol. The third kappa shape index (κ3) is 3.12. The van der Waals surface area contributed by atoms with Gasteiger partial charge in [0.25, 0.3) is 5.91 Å². The predicted molar refractivity (Wildman–Crippen MR) is 74.2 cm³/mol. The summed E-state index contributed by atoms with van der Waals surface area (Å²) in [7, 11) is 0. The number of fused-ring (bicyclic) bond motifs is 1. The topological polar surface area (TPSA) is 49.3 Å². The van der Waals surface area contributed by atoms with Gasteiger partial charge in [-0.15, -0.1) is 11.3 Å². The summed E-state index contributed by atoms with van der Waals surface area (Å²) in [5.74, 6) is 0.802. The van der Waals surface area contributed by atoms with Gasteiger partial charge in [0.15, 0.2) is 0 Å². The van der Waals surface area contributed by atoms with Crippen LogP contribution in [0.1, 0.15) is 47.0 Å². The molecule has 18 heavy (non-hydrogen) atoms. The van der Waals surface area contributed by atoms with E-state index in [0.717, 1.165) is 37.2 Å². The van der Waals surface area contributed by atoms with Gasteiger partial charge in [-0.05, 0) is 43.6 Å². The van der Waals surface area contributed by atoms with E-state index in [-0.39, 0.29) is 12.5 Å². The number of hydrogen-bond acceptors (Lipinski definition) is 3. The molecule has 1 amide bonds. The molecule has 100 valence electrons. The van der Waals surface area contributed by atoms with Crippen molar-refractivity contribution in [3.63, 3.8) is 0 Å². The first kappa shape index (κ1) is 13.6. The normalized spacial score (nSPS) is 18.4. The molecule has 1 aliphatic carbocycles. The molecule has 0 fully saturated rings. The minimum Gasteiger partial charge on any atom is -0.396 e. The lowest BCUT2D eigenvalue weighted by molar-refractivity contribution is 0.0951. The van der Waals surface area contributed by atoms with E-state index in [1.807, 2.05) is 5.38 Å². The summed E-state index contributed by atoms with van der Waals surface area (Å²) in [5.41, 5.74) is 2.16. The Kier molecular flexibility index (Phi) is 4.78. The molecule has 0 bridgehead atoms. The summed E-state index contributed by atoms with van der Waals surface area (Å²) in [6, 6.07) is 0. The van der Waals surface area contributed by atoms with Crippen LogP contribution in [0.4, 0.5) is 0 Å². The standard InChI is InChI=1S/C14H21NO2S/c1-10-4-5-11-12(9-18-13(11)8-10)14(17)15-6-2-3-7-16/h9-10,16H,2-8H2,1H3,(H,15,17). The molecular weight excluding hydrogens is 246 g/mol. The maximum absolute atomic E-state index is 12.1. The van der Waals surface area contributed by atoms with Gasteiger partial charge in [-0.2, -0.15) is 0 Å². The molecule has 1 aliphatic rings. The first-order valence-electron chi connectivity index (χ1n) is 6.70. The number of rotatable bonds is 5. The van der Waals surface area contributed by atoms with Crippen LogP contribution in [0.15, 0.2) is 5.38 Å². The SMILES string of the molecule is CC1CCc2c(C(=O)NCCCCO)csc2C1. The van der Waals surface area contributed by atoms with Crippen LogP contribution in [0.25, 0.3) is 0 Å². The number of aliphatic hydroxyl groups is 1. The molecule has 0 aromatic carbocycles. The van der Waals surface area contributed by atoms with Gasteiger partial charge < -0.3 is 10.4 Å². The number of aliphatic hydroxyl groups excluding tert-OH is 1. The Balaban J connectivity index is 1.95. The highest BCUT2D eigenvalue weighted by atomic mass is 32.1. The van der Waals surface area contributed by atoms with Gasteiger partial charge in [-0.25, -0.2) is 0 Å². The van der Waals surface area contributed by atoms with Crippen LogP contribution in [0.3, 0.4) is 0 Å². The smallest absolute Gasteiger partial charge is 0.252 e. The van der Waals surface area contributed by atoms with Crippen molar-refractivity contribution >= 4 is 17.2 Å². The van der Waals surface area contributed by atoms with E-state index in [1.54, 1.807) is 11.3 Å². The molecule has 0 saturated heterocycles. The zero-order valence-corrected chi connectivity index (χ0v) is 11.7. The minimum absolute atomic E-state index is 0.0555. The molecule has 0 saturated carbocycles. The molecule has 4 heteroatoms. The second-order valence-electron chi connectivity index (χ2n) is 5.09. The van der Waals surface area contributed by atoms with E-state index in [0.29, 0.717) is 6.54 Å². The highest BCUT2D eigenvalue weighted by Crippen LogP contribution is 2.32. The Morgan fingerprint density at radius 3 is 3.17 bits per heavy atom. The zero-order valence-electron chi connectivity index (χ0n) is 10.9. The Morgan fingerprint density at radius 1 is 1.56 bits per heavy atom. The van der Waals surface area contributed by atoms with E-state index < -0.39 is 0 Å². The number of carbonyl (C=O) groups excluding carboxylic acids is 1. The highest BCUT2D eigenvalue weighted by molar-refractivity contribution is 7.10. The Morgan fingerprint density at radius 2 is 2.39 bits per heavy atom. The van der Waals surface area contributed by atoms with Crippen molar-refractivity contribution < 1.29 is 9.90 Å². The third-order valence-electron chi connectivity index (χ3n) is 3.52. The molecular formula is C14H21NO2S. The van der Waals surface area contributed by atoms with E-state index >= 15 is 0 Å². The molecule has 1 heterocycles. The molecule has 1 atom stereocenters. The summed E-state index contributed by atoms with van der Waals surface area (Å²) >= 11 is 1.73. The van der Waals surface area contributed by atoms with Gasteiger partial charge in [0.05, 0.1) is 5.56 Å². The van der Waals surface area contributed by atoms with Crippen molar-refractivity contribution in [2.45, 2.75) is 39.0 Å². The van der Waals surface area contributed by atoms with Crippen LogP contribution >= 0.6 is 11.3 Å². The molecule has 2 N–H and O–H groups in total. The molecule has 0 aliphatic heterocycles. The van der Waals surface area contributed by atoms with Crippen molar-refractivity contribution in [3.05, 3.63) is 21.4 Å². The second-order valence-corrected chi connectivity index (χ2v) is 6.05. The van der Waals surface area contributed by atoms with Gasteiger partial charge in [-0.1, -0.05) is 6.92 Å². The summed E-state index contributed by atoms with van der Waals surface area (Å²) in [6.07, 6.45) is 4.94. The van der Waals surface area contributed by atoms with Crippen molar-refractivity contribution in [2.24, 2.45) is 5.92 Å². The van der Waals surface area contributed by atoms with Crippen LogP contribution in [0, 0.1) is 5.92 Å². The molecule has 3 nitrogen and oxygen atoms in total. The van der Waals surface area contributed by atoms with Gasteiger partial charge in [0, 0.05) is 23.4 Å². The van der Waals surface area contributed by atoms with E-state index in [1.165, 1.54) is 16.9 Å².